The number of ether oxygens (including phenoxy) is 1. The number of rotatable bonds is 5. The molecule has 1 unspecified atom stereocenters. The number of nitrogens with one attached hydrogen (secondary N) is 1. The van der Waals surface area contributed by atoms with Crippen molar-refractivity contribution >= 4 is 23.4 Å². The minimum Gasteiger partial charge on any atom is -0.372 e. The molecule has 0 bridgehead atoms. The van der Waals surface area contributed by atoms with Crippen LogP contribution in [0.4, 0.5) is 0 Å². The molecule has 6 nitrogen and oxygen atoms in total. The predicted octanol–water partition coefficient (Wildman–Crippen LogP) is 3.61. The number of amides is 2. The van der Waals surface area contributed by atoms with Gasteiger partial charge in [0.15, 0.2) is 0 Å². The van der Waals surface area contributed by atoms with Gasteiger partial charge in [-0.1, -0.05) is 30.7 Å². The van der Waals surface area contributed by atoms with E-state index in [1.165, 1.54) is 0 Å². The Bertz CT molecular complexity index is 926. The molecule has 7 heteroatoms. The van der Waals surface area contributed by atoms with Gasteiger partial charge in [0.05, 0.1) is 25.2 Å². The van der Waals surface area contributed by atoms with Crippen LogP contribution in [0.25, 0.3) is 0 Å². The van der Waals surface area contributed by atoms with E-state index >= 15 is 0 Å². The lowest BCUT2D eigenvalue weighted by Gasteiger charge is -2.40. The van der Waals surface area contributed by atoms with Crippen molar-refractivity contribution in [2.75, 3.05) is 39.4 Å². The van der Waals surface area contributed by atoms with E-state index < -0.39 is 0 Å². The molecule has 0 radical (unpaired) electrons. The summed E-state index contributed by atoms with van der Waals surface area (Å²) in [4.78, 5) is 31.4. The number of carbonyl (C=O) groups excluding carboxylic acids is 2. The molecule has 184 valence electrons. The highest BCUT2D eigenvalue weighted by Crippen LogP contribution is 2.34. The second kappa shape index (κ2) is 10.4. The molecular formula is C27H36ClN3O3. The summed E-state index contributed by atoms with van der Waals surface area (Å²) in [6.07, 6.45) is 7.21. The van der Waals surface area contributed by atoms with Crippen molar-refractivity contribution in [3.8, 4) is 0 Å². The third kappa shape index (κ3) is 4.91. The Morgan fingerprint density at radius 1 is 1.06 bits per heavy atom. The van der Waals surface area contributed by atoms with Gasteiger partial charge in [-0.05, 0) is 61.8 Å². The Morgan fingerprint density at radius 2 is 1.82 bits per heavy atom. The Morgan fingerprint density at radius 3 is 2.53 bits per heavy atom. The van der Waals surface area contributed by atoms with Crippen LogP contribution in [-0.2, 0) is 14.3 Å². The Labute approximate surface area is 207 Å². The zero-order valence-electron chi connectivity index (χ0n) is 20.0. The second-order valence-corrected chi connectivity index (χ2v) is 11.0. The summed E-state index contributed by atoms with van der Waals surface area (Å²) in [5.74, 6) is 1.13. The normalized spacial score (nSPS) is 31.5. The van der Waals surface area contributed by atoms with Gasteiger partial charge in [-0.25, -0.2) is 0 Å². The minimum absolute atomic E-state index is 0.0782. The zero-order valence-corrected chi connectivity index (χ0v) is 20.8. The number of nitrogens with zero attached hydrogens (tertiary/aromatic N) is 2. The van der Waals surface area contributed by atoms with Crippen LogP contribution >= 0.6 is 11.6 Å². The van der Waals surface area contributed by atoms with Crippen molar-refractivity contribution in [1.82, 2.24) is 15.1 Å². The molecule has 1 aliphatic carbocycles. The highest BCUT2D eigenvalue weighted by Gasteiger charge is 2.42. The smallest absolute Gasteiger partial charge is 0.252 e. The van der Waals surface area contributed by atoms with Gasteiger partial charge in [-0.3, -0.25) is 9.59 Å². The van der Waals surface area contributed by atoms with Gasteiger partial charge < -0.3 is 19.9 Å². The predicted molar refractivity (Wildman–Crippen MR) is 133 cm³/mol. The van der Waals surface area contributed by atoms with Gasteiger partial charge >= 0.3 is 0 Å². The largest absolute Gasteiger partial charge is 0.372 e. The van der Waals surface area contributed by atoms with Crippen molar-refractivity contribution in [2.24, 2.45) is 11.8 Å². The number of likely N-dealkylation sites (tertiary alicyclic amines) is 1. The lowest BCUT2D eigenvalue weighted by molar-refractivity contribution is -0.137. The van der Waals surface area contributed by atoms with E-state index in [1.807, 2.05) is 35.2 Å². The molecular weight excluding hydrogens is 450 g/mol. The molecule has 2 amide bonds. The first-order valence-electron chi connectivity index (χ1n) is 12.9. The van der Waals surface area contributed by atoms with Crippen LogP contribution in [0.2, 0.25) is 5.02 Å². The Kier molecular flexibility index (Phi) is 7.28. The van der Waals surface area contributed by atoms with Crippen LogP contribution in [0, 0.1) is 11.8 Å². The van der Waals surface area contributed by atoms with Crippen molar-refractivity contribution in [3.63, 3.8) is 0 Å². The summed E-state index contributed by atoms with van der Waals surface area (Å²) in [5, 5.41) is 4.13. The average molecular weight is 486 g/mol. The van der Waals surface area contributed by atoms with E-state index in [1.54, 1.807) is 0 Å². The SMILES string of the molecule is CC1CCC(N(C(=O)C2=CCOC2)C2CCN(C(=O)[C@H]3CNC[C@H]3c3ccc(Cl)cc3)C2)CC1. The number of benzene rings is 1. The van der Waals surface area contributed by atoms with Gasteiger partial charge in [0, 0.05) is 48.7 Å². The molecule has 0 aromatic heterocycles. The van der Waals surface area contributed by atoms with E-state index in [0.29, 0.717) is 31.3 Å². The third-order valence-electron chi connectivity index (χ3n) is 8.29. The van der Waals surface area contributed by atoms with Crippen LogP contribution in [0.3, 0.4) is 0 Å². The molecule has 5 rings (SSSR count). The molecule has 1 saturated carbocycles. The fourth-order valence-corrected chi connectivity index (χ4v) is 6.38. The van der Waals surface area contributed by atoms with E-state index in [0.717, 1.165) is 62.2 Å². The molecule has 1 aromatic carbocycles. The molecule has 3 fully saturated rings. The van der Waals surface area contributed by atoms with E-state index in [4.69, 9.17) is 16.3 Å². The van der Waals surface area contributed by atoms with Crippen molar-refractivity contribution in [1.29, 1.82) is 0 Å². The molecule has 3 atom stereocenters. The summed E-state index contributed by atoms with van der Waals surface area (Å²) in [6.45, 7) is 6.08. The van der Waals surface area contributed by atoms with Crippen molar-refractivity contribution < 1.29 is 14.3 Å². The van der Waals surface area contributed by atoms with Crippen LogP contribution in [0.15, 0.2) is 35.9 Å². The number of hydrogen-bond acceptors (Lipinski definition) is 4. The van der Waals surface area contributed by atoms with Gasteiger partial charge in [0.2, 0.25) is 5.91 Å². The first kappa shape index (κ1) is 23.8. The fourth-order valence-electron chi connectivity index (χ4n) is 6.25. The standard InChI is InChI=1S/C27H36ClN3O3/c1-18-2-8-22(9-3-18)31(26(32)20-11-13-34-17-20)23-10-12-30(16-23)27(33)25-15-29-14-24(25)19-4-6-21(28)7-5-19/h4-7,11,18,22-25,29H,2-3,8-10,12-17H2,1H3/t18?,22?,23?,24-,25-/m0/s1. The maximum Gasteiger partial charge on any atom is 0.252 e. The fraction of sp³-hybridized carbons (Fsp3) is 0.630. The number of hydrogen-bond donors (Lipinski definition) is 1. The van der Waals surface area contributed by atoms with Crippen LogP contribution in [0.5, 0.6) is 0 Å². The van der Waals surface area contributed by atoms with Crippen LogP contribution < -0.4 is 5.32 Å². The van der Waals surface area contributed by atoms with Gasteiger partial charge in [-0.2, -0.15) is 0 Å². The van der Waals surface area contributed by atoms with Crippen LogP contribution in [0.1, 0.15) is 50.5 Å². The summed E-state index contributed by atoms with van der Waals surface area (Å²) < 4.78 is 5.46. The highest BCUT2D eigenvalue weighted by atomic mass is 35.5. The number of carbonyl (C=O) groups is 2. The average Bonchev–Trinajstić information content (AvgIpc) is 3.62. The van der Waals surface area contributed by atoms with Gasteiger partial charge in [0.1, 0.15) is 0 Å². The first-order valence-corrected chi connectivity index (χ1v) is 13.2. The summed E-state index contributed by atoms with van der Waals surface area (Å²) in [6, 6.07) is 8.22. The molecule has 3 heterocycles. The molecule has 1 aromatic rings. The first-order chi connectivity index (χ1) is 16.5. The lowest BCUT2D eigenvalue weighted by atomic mass is 9.85. The molecule has 0 spiro atoms. The summed E-state index contributed by atoms with van der Waals surface area (Å²) >= 11 is 6.08. The topological polar surface area (TPSA) is 61.9 Å². The third-order valence-corrected chi connectivity index (χ3v) is 8.54. The van der Waals surface area contributed by atoms with Gasteiger partial charge in [0.25, 0.3) is 5.91 Å². The molecule has 4 aliphatic rings. The molecule has 34 heavy (non-hydrogen) atoms. The quantitative estimate of drug-likeness (QED) is 0.692. The van der Waals surface area contributed by atoms with E-state index in [9.17, 15) is 9.59 Å². The molecule has 1 N–H and O–H groups in total. The van der Waals surface area contributed by atoms with Gasteiger partial charge in [-0.15, -0.1) is 0 Å². The van der Waals surface area contributed by atoms with Crippen molar-refractivity contribution in [3.05, 3.63) is 46.5 Å². The van der Waals surface area contributed by atoms with E-state index in [-0.39, 0.29) is 35.7 Å². The zero-order chi connectivity index (χ0) is 23.7. The van der Waals surface area contributed by atoms with Crippen molar-refractivity contribution in [2.45, 2.75) is 57.0 Å². The second-order valence-electron chi connectivity index (χ2n) is 10.5. The Balaban J connectivity index is 1.29. The summed E-state index contributed by atoms with van der Waals surface area (Å²) in [7, 11) is 0. The summed E-state index contributed by atoms with van der Waals surface area (Å²) in [5.41, 5.74) is 1.94. The van der Waals surface area contributed by atoms with E-state index in [2.05, 4.69) is 17.1 Å². The Hall–Kier alpha value is -1.89. The van der Waals surface area contributed by atoms with Crippen LogP contribution in [-0.4, -0.2) is 73.1 Å². The lowest BCUT2D eigenvalue weighted by Crippen LogP contribution is -2.50. The monoisotopic (exact) mass is 485 g/mol. The maximum absolute atomic E-state index is 13.6. The highest BCUT2D eigenvalue weighted by molar-refractivity contribution is 6.30. The molecule has 2 saturated heterocycles. The maximum atomic E-state index is 13.6. The molecule has 3 aliphatic heterocycles. The minimum atomic E-state index is -0.0782. The number of halogens is 1.